The zero-order valence-corrected chi connectivity index (χ0v) is 15.7. The molecule has 0 heterocycles. The van der Waals surface area contributed by atoms with Crippen molar-refractivity contribution in [2.24, 2.45) is 0 Å². The monoisotopic (exact) mass is 568 g/mol. The number of rotatable bonds is 11. The van der Waals surface area contributed by atoms with Gasteiger partial charge in [0.15, 0.2) is 0 Å². The van der Waals surface area contributed by atoms with Crippen molar-refractivity contribution < 1.29 is 92.9 Å². The molecule has 0 aromatic heterocycles. The van der Waals surface area contributed by atoms with Gasteiger partial charge in [-0.05, 0) is 0 Å². The summed E-state index contributed by atoms with van der Waals surface area (Å²) in [7, 11) is 0. The SMILES string of the molecule is C=CC(=O)OC(F)(F)C(F)(F)C(F)(F)C(F)(F)C(F)(F)C(F)(F)C(F)(F)CCC(F)(F)C(F)(F)F. The van der Waals surface area contributed by atoms with Crippen molar-refractivity contribution in [2.75, 3.05) is 0 Å². The smallest absolute Gasteiger partial charge is 0.393 e. The van der Waals surface area contributed by atoms with Crippen LogP contribution in [0.25, 0.3) is 0 Å². The van der Waals surface area contributed by atoms with E-state index in [1.807, 2.05) is 0 Å². The van der Waals surface area contributed by atoms with E-state index in [9.17, 15) is 88.2 Å². The first-order valence-electron chi connectivity index (χ1n) is 7.86. The molecule has 0 saturated heterocycles. The molecule has 0 amide bonds. The Labute approximate surface area is 179 Å². The zero-order chi connectivity index (χ0) is 28.9. The normalized spacial score (nSPS) is 15.7. The molecule has 208 valence electrons. The molecule has 35 heavy (non-hydrogen) atoms. The van der Waals surface area contributed by atoms with Gasteiger partial charge in [0.2, 0.25) is 0 Å². The first-order chi connectivity index (χ1) is 14.9. The molecule has 0 aromatic carbocycles. The van der Waals surface area contributed by atoms with E-state index >= 15 is 0 Å². The fourth-order valence-electron chi connectivity index (χ4n) is 1.85. The number of alkyl halides is 19. The van der Waals surface area contributed by atoms with Crippen LogP contribution in [0.3, 0.4) is 0 Å². The predicted molar refractivity (Wildman–Crippen MR) is 71.2 cm³/mol. The van der Waals surface area contributed by atoms with Gasteiger partial charge in [-0.3, -0.25) is 0 Å². The highest BCUT2D eigenvalue weighted by molar-refractivity contribution is 5.81. The third kappa shape index (κ3) is 5.08. The van der Waals surface area contributed by atoms with Gasteiger partial charge in [-0.1, -0.05) is 6.58 Å². The molecule has 0 radical (unpaired) electrons. The third-order valence-electron chi connectivity index (χ3n) is 3.97. The Bertz CT molecular complexity index is 794. The molecule has 0 unspecified atom stereocenters. The molecule has 0 saturated carbocycles. The second-order valence-corrected chi connectivity index (χ2v) is 6.42. The topological polar surface area (TPSA) is 26.3 Å². The standard InChI is InChI=1S/C14H7F19O2/c1-2-5(34)35-14(32,33)12(27,28)11(25,26)10(23,24)9(21,22)8(19,20)6(15,16)3-4-7(17,18)13(29,30)31/h2H,1,3-4H2. The van der Waals surface area contributed by atoms with Crippen molar-refractivity contribution in [3.63, 3.8) is 0 Å². The maximum absolute atomic E-state index is 13.5. The average molecular weight is 568 g/mol. The van der Waals surface area contributed by atoms with Gasteiger partial charge < -0.3 is 4.74 Å². The van der Waals surface area contributed by atoms with Gasteiger partial charge >= 0.3 is 59.7 Å². The lowest BCUT2D eigenvalue weighted by molar-refractivity contribution is -0.461. The van der Waals surface area contributed by atoms with Crippen molar-refractivity contribution >= 4 is 5.97 Å². The van der Waals surface area contributed by atoms with Gasteiger partial charge in [-0.2, -0.15) is 83.4 Å². The van der Waals surface area contributed by atoms with Crippen LogP contribution in [-0.4, -0.2) is 59.7 Å². The summed E-state index contributed by atoms with van der Waals surface area (Å²) in [6.07, 6.45) is -21.8. The van der Waals surface area contributed by atoms with Crippen LogP contribution in [0.2, 0.25) is 0 Å². The number of hydrogen-bond donors (Lipinski definition) is 0. The van der Waals surface area contributed by atoms with Crippen LogP contribution in [0, 0.1) is 0 Å². The molecule has 0 bridgehead atoms. The van der Waals surface area contributed by atoms with Crippen molar-refractivity contribution in [3.8, 4) is 0 Å². The van der Waals surface area contributed by atoms with E-state index in [-0.39, 0.29) is 0 Å². The van der Waals surface area contributed by atoms with Gasteiger partial charge in [-0.15, -0.1) is 0 Å². The number of carbonyl (C=O) groups is 1. The molecule has 0 fully saturated rings. The summed E-state index contributed by atoms with van der Waals surface area (Å²) in [5.74, 6) is -58.2. The molecule has 0 atom stereocenters. The van der Waals surface area contributed by atoms with Gasteiger partial charge in [0.25, 0.3) is 0 Å². The first-order valence-corrected chi connectivity index (χ1v) is 7.86. The lowest BCUT2D eigenvalue weighted by atomic mass is 9.89. The maximum Gasteiger partial charge on any atom is 0.473 e. The second kappa shape index (κ2) is 8.77. The first kappa shape index (κ1) is 32.9. The van der Waals surface area contributed by atoms with Gasteiger partial charge in [0.1, 0.15) is 0 Å². The molecule has 0 aromatic rings. The van der Waals surface area contributed by atoms with E-state index in [1.165, 1.54) is 0 Å². The summed E-state index contributed by atoms with van der Waals surface area (Å²) < 4.78 is 251. The van der Waals surface area contributed by atoms with Crippen LogP contribution in [0.4, 0.5) is 83.4 Å². The number of esters is 1. The lowest BCUT2D eigenvalue weighted by Gasteiger charge is -2.42. The Morgan fingerprint density at radius 2 is 0.857 bits per heavy atom. The summed E-state index contributed by atoms with van der Waals surface area (Å²) in [6.45, 7) is 2.27. The Morgan fingerprint density at radius 1 is 0.543 bits per heavy atom. The second-order valence-electron chi connectivity index (χ2n) is 6.42. The Kier molecular flexibility index (Phi) is 8.24. The Morgan fingerprint density at radius 3 is 1.20 bits per heavy atom. The van der Waals surface area contributed by atoms with Gasteiger partial charge in [0, 0.05) is 18.9 Å². The molecule has 0 aliphatic carbocycles. The summed E-state index contributed by atoms with van der Waals surface area (Å²) in [6, 6.07) is 0. The van der Waals surface area contributed by atoms with Gasteiger partial charge in [-0.25, -0.2) is 4.79 Å². The molecular weight excluding hydrogens is 561 g/mol. The third-order valence-corrected chi connectivity index (χ3v) is 3.97. The van der Waals surface area contributed by atoms with E-state index in [1.54, 1.807) is 0 Å². The minimum atomic E-state index is -8.63. The lowest BCUT2D eigenvalue weighted by Crippen LogP contribution is -2.73. The maximum atomic E-state index is 13.5. The quantitative estimate of drug-likeness (QED) is 0.151. The molecule has 2 nitrogen and oxygen atoms in total. The summed E-state index contributed by atoms with van der Waals surface area (Å²) in [5.41, 5.74) is 0. The highest BCUT2D eigenvalue weighted by Gasteiger charge is 2.93. The average Bonchev–Trinajstić information content (AvgIpc) is 2.64. The zero-order valence-electron chi connectivity index (χ0n) is 15.7. The van der Waals surface area contributed by atoms with E-state index < -0.39 is 78.6 Å². The van der Waals surface area contributed by atoms with Crippen LogP contribution in [-0.2, 0) is 9.53 Å². The number of halogens is 19. The van der Waals surface area contributed by atoms with E-state index in [2.05, 4.69) is 11.3 Å². The summed E-state index contributed by atoms with van der Waals surface area (Å²) >= 11 is 0. The fraction of sp³-hybridized carbons (Fsp3) is 0.786. The minimum Gasteiger partial charge on any atom is -0.393 e. The van der Waals surface area contributed by atoms with E-state index in [4.69, 9.17) is 0 Å². The van der Waals surface area contributed by atoms with Crippen LogP contribution in [0.5, 0.6) is 0 Å². The van der Waals surface area contributed by atoms with Crippen molar-refractivity contribution in [1.29, 1.82) is 0 Å². The molecule has 21 heteroatoms. The summed E-state index contributed by atoms with van der Waals surface area (Å²) in [4.78, 5) is 10.5. The predicted octanol–water partition coefficient (Wildman–Crippen LogP) is 7.10. The Balaban J connectivity index is 6.49. The number of hydrogen-bond acceptors (Lipinski definition) is 2. The molecule has 0 N–H and O–H groups in total. The van der Waals surface area contributed by atoms with E-state index in [0.29, 0.717) is 0 Å². The Hall–Kier alpha value is -2.12. The molecule has 0 aliphatic rings. The highest BCUT2D eigenvalue weighted by Crippen LogP contribution is 2.63. The number of ether oxygens (including phenoxy) is 1. The van der Waals surface area contributed by atoms with Gasteiger partial charge in [0.05, 0.1) is 0 Å². The van der Waals surface area contributed by atoms with Crippen LogP contribution >= 0.6 is 0 Å². The van der Waals surface area contributed by atoms with Crippen LogP contribution in [0.15, 0.2) is 12.7 Å². The fourth-order valence-corrected chi connectivity index (χ4v) is 1.85. The van der Waals surface area contributed by atoms with Crippen LogP contribution in [0.1, 0.15) is 12.8 Å². The number of carbonyl (C=O) groups excluding carboxylic acids is 1. The van der Waals surface area contributed by atoms with Crippen molar-refractivity contribution in [2.45, 2.75) is 66.6 Å². The molecule has 0 aliphatic heterocycles. The molecule has 0 spiro atoms. The van der Waals surface area contributed by atoms with Crippen molar-refractivity contribution in [3.05, 3.63) is 12.7 Å². The molecular formula is C14H7F19O2. The minimum absolute atomic E-state index is 0.486. The van der Waals surface area contributed by atoms with E-state index in [0.717, 1.165) is 0 Å². The largest absolute Gasteiger partial charge is 0.473 e. The summed E-state index contributed by atoms with van der Waals surface area (Å²) in [5, 5.41) is 0. The highest BCUT2D eigenvalue weighted by atomic mass is 19.4. The van der Waals surface area contributed by atoms with Crippen LogP contribution < -0.4 is 0 Å². The van der Waals surface area contributed by atoms with Crippen molar-refractivity contribution in [1.82, 2.24) is 0 Å². The molecule has 0 rings (SSSR count).